The van der Waals surface area contributed by atoms with Gasteiger partial charge in [0.2, 0.25) is 0 Å². The molecule has 0 saturated carbocycles. The molecule has 3 aromatic rings. The molecule has 0 aliphatic rings. The number of rotatable bonds is 6. The summed E-state index contributed by atoms with van der Waals surface area (Å²) in [5.41, 5.74) is 1.80. The zero-order chi connectivity index (χ0) is 18.4. The number of nitrogens with zero attached hydrogens (tertiary/aromatic N) is 2. The Morgan fingerprint density at radius 1 is 0.923 bits per heavy atom. The lowest BCUT2D eigenvalue weighted by Crippen LogP contribution is -2.35. The monoisotopic (exact) mass is 368 g/mol. The van der Waals surface area contributed by atoms with Crippen LogP contribution in [0.3, 0.4) is 0 Å². The van der Waals surface area contributed by atoms with Crippen molar-refractivity contribution in [2.75, 3.05) is 13.1 Å². The van der Waals surface area contributed by atoms with Crippen LogP contribution in [-0.2, 0) is 0 Å². The van der Waals surface area contributed by atoms with E-state index in [2.05, 4.69) is 15.6 Å². The van der Waals surface area contributed by atoms with Crippen molar-refractivity contribution < 1.29 is 9.59 Å². The van der Waals surface area contributed by atoms with Gasteiger partial charge in [0.05, 0.1) is 12.5 Å². The van der Waals surface area contributed by atoms with E-state index in [1.165, 1.54) is 6.20 Å². The van der Waals surface area contributed by atoms with E-state index < -0.39 is 0 Å². The molecule has 3 rings (SSSR count). The number of hydrogen-bond donors (Lipinski definition) is 2. The average Bonchev–Trinajstić information content (AvgIpc) is 3.16. The van der Waals surface area contributed by atoms with Crippen molar-refractivity contribution in [3.05, 3.63) is 83.4 Å². The molecule has 6 nitrogen and oxygen atoms in total. The molecule has 0 aliphatic carbocycles. The molecule has 0 radical (unpaired) electrons. The number of imidazole rings is 1. The Morgan fingerprint density at radius 2 is 1.58 bits per heavy atom. The first-order chi connectivity index (χ1) is 12.6. The molecule has 1 aromatic heterocycles. The molecule has 0 unspecified atom stereocenters. The van der Waals surface area contributed by atoms with Gasteiger partial charge in [-0.2, -0.15) is 0 Å². The van der Waals surface area contributed by atoms with Crippen LogP contribution in [0.4, 0.5) is 0 Å². The summed E-state index contributed by atoms with van der Waals surface area (Å²) in [5.74, 6) is -0.475. The lowest BCUT2D eigenvalue weighted by atomic mass is 10.2. The Kier molecular flexibility index (Phi) is 5.66. The van der Waals surface area contributed by atoms with Gasteiger partial charge >= 0.3 is 0 Å². The number of halogens is 1. The smallest absolute Gasteiger partial charge is 0.269 e. The van der Waals surface area contributed by atoms with Gasteiger partial charge in [-0.3, -0.25) is 14.2 Å². The maximum Gasteiger partial charge on any atom is 0.269 e. The predicted molar refractivity (Wildman–Crippen MR) is 99.7 cm³/mol. The number of hydrogen-bond acceptors (Lipinski definition) is 3. The van der Waals surface area contributed by atoms with E-state index in [1.54, 1.807) is 35.2 Å². The van der Waals surface area contributed by atoms with E-state index in [0.29, 0.717) is 29.4 Å². The molecule has 0 bridgehead atoms. The molecule has 0 aliphatic heterocycles. The molecule has 2 aromatic carbocycles. The van der Waals surface area contributed by atoms with Crippen LogP contribution in [0.5, 0.6) is 0 Å². The van der Waals surface area contributed by atoms with Crippen LogP contribution in [0.2, 0.25) is 5.02 Å². The standard InChI is InChI=1S/C19H17ClN4O2/c20-15-8-6-14(7-9-15)18(25)22-10-11-23-19(26)17-12-21-13-24(17)16-4-2-1-3-5-16/h1-9,12-13H,10-11H2,(H,22,25)(H,23,26). The van der Waals surface area contributed by atoms with Crippen LogP contribution in [0.15, 0.2) is 67.1 Å². The van der Waals surface area contributed by atoms with Crippen LogP contribution in [0.1, 0.15) is 20.8 Å². The predicted octanol–water partition coefficient (Wildman–Crippen LogP) is 2.69. The van der Waals surface area contributed by atoms with Gasteiger partial charge in [0.1, 0.15) is 5.69 Å². The largest absolute Gasteiger partial charge is 0.350 e. The number of para-hydroxylation sites is 1. The fraction of sp³-hybridized carbons (Fsp3) is 0.105. The number of amides is 2. The fourth-order valence-corrected chi connectivity index (χ4v) is 2.53. The molecule has 2 N–H and O–H groups in total. The molecular formula is C19H17ClN4O2. The molecule has 0 fully saturated rings. The van der Waals surface area contributed by atoms with Gasteiger partial charge in [0, 0.05) is 29.4 Å². The molecule has 2 amide bonds. The molecule has 1 heterocycles. The number of carbonyl (C=O) groups excluding carboxylic acids is 2. The van der Waals surface area contributed by atoms with E-state index in [1.807, 2.05) is 30.3 Å². The van der Waals surface area contributed by atoms with Crippen molar-refractivity contribution in [3.8, 4) is 5.69 Å². The SMILES string of the molecule is O=C(NCCNC(=O)c1cncn1-c1ccccc1)c1ccc(Cl)cc1. The molecule has 26 heavy (non-hydrogen) atoms. The topological polar surface area (TPSA) is 76.0 Å². The highest BCUT2D eigenvalue weighted by molar-refractivity contribution is 6.30. The second-order valence-corrected chi connectivity index (χ2v) is 5.94. The van der Waals surface area contributed by atoms with Crippen molar-refractivity contribution in [2.45, 2.75) is 0 Å². The van der Waals surface area contributed by atoms with Gasteiger partial charge < -0.3 is 10.6 Å². The summed E-state index contributed by atoms with van der Waals surface area (Å²) in [5, 5.41) is 6.09. The van der Waals surface area contributed by atoms with Crippen LogP contribution in [0.25, 0.3) is 5.69 Å². The lowest BCUT2D eigenvalue weighted by molar-refractivity contribution is 0.0924. The first-order valence-electron chi connectivity index (χ1n) is 8.05. The number of carbonyl (C=O) groups is 2. The zero-order valence-corrected chi connectivity index (χ0v) is 14.6. The third kappa shape index (κ3) is 4.29. The van der Waals surface area contributed by atoms with Crippen molar-refractivity contribution in [2.24, 2.45) is 0 Å². The van der Waals surface area contributed by atoms with Crippen LogP contribution >= 0.6 is 11.6 Å². The van der Waals surface area contributed by atoms with E-state index in [4.69, 9.17) is 11.6 Å². The number of benzene rings is 2. The molecule has 7 heteroatoms. The van der Waals surface area contributed by atoms with E-state index >= 15 is 0 Å². The minimum atomic E-state index is -0.257. The third-order valence-electron chi connectivity index (χ3n) is 3.71. The summed E-state index contributed by atoms with van der Waals surface area (Å²) in [6.07, 6.45) is 3.10. The van der Waals surface area contributed by atoms with Crippen LogP contribution in [0, 0.1) is 0 Å². The van der Waals surface area contributed by atoms with Crippen LogP contribution in [-0.4, -0.2) is 34.5 Å². The van der Waals surface area contributed by atoms with Crippen molar-refractivity contribution in [1.82, 2.24) is 20.2 Å². The molecule has 0 saturated heterocycles. The summed E-state index contributed by atoms with van der Waals surface area (Å²) >= 11 is 5.80. The molecule has 0 atom stereocenters. The highest BCUT2D eigenvalue weighted by Crippen LogP contribution is 2.11. The molecule has 132 valence electrons. The zero-order valence-electron chi connectivity index (χ0n) is 13.9. The second kappa shape index (κ2) is 8.31. The fourth-order valence-electron chi connectivity index (χ4n) is 2.40. The Labute approximate surface area is 155 Å². The lowest BCUT2D eigenvalue weighted by Gasteiger charge is -2.09. The highest BCUT2D eigenvalue weighted by Gasteiger charge is 2.12. The maximum atomic E-state index is 12.4. The normalized spacial score (nSPS) is 10.3. The van der Waals surface area contributed by atoms with Gasteiger partial charge in [-0.05, 0) is 36.4 Å². The Morgan fingerprint density at radius 3 is 2.27 bits per heavy atom. The summed E-state index contributed by atoms with van der Waals surface area (Å²) in [7, 11) is 0. The average molecular weight is 369 g/mol. The third-order valence-corrected chi connectivity index (χ3v) is 3.96. The maximum absolute atomic E-state index is 12.4. The summed E-state index contributed by atoms with van der Waals surface area (Å²) in [6.45, 7) is 0.616. The Bertz CT molecular complexity index is 891. The summed E-state index contributed by atoms with van der Waals surface area (Å²) in [6, 6.07) is 16.1. The molecular weight excluding hydrogens is 352 g/mol. The van der Waals surface area contributed by atoms with Crippen molar-refractivity contribution in [3.63, 3.8) is 0 Å². The van der Waals surface area contributed by atoms with E-state index in [0.717, 1.165) is 5.69 Å². The summed E-state index contributed by atoms with van der Waals surface area (Å²) < 4.78 is 1.71. The minimum absolute atomic E-state index is 0.217. The van der Waals surface area contributed by atoms with Gasteiger partial charge in [-0.25, -0.2) is 4.98 Å². The van der Waals surface area contributed by atoms with Crippen molar-refractivity contribution in [1.29, 1.82) is 0 Å². The summed E-state index contributed by atoms with van der Waals surface area (Å²) in [4.78, 5) is 28.4. The first kappa shape index (κ1) is 17.7. The quantitative estimate of drug-likeness (QED) is 0.657. The second-order valence-electron chi connectivity index (χ2n) is 5.50. The minimum Gasteiger partial charge on any atom is -0.350 e. The first-order valence-corrected chi connectivity index (χ1v) is 8.42. The van der Waals surface area contributed by atoms with Gasteiger partial charge in [0.15, 0.2) is 0 Å². The van der Waals surface area contributed by atoms with Gasteiger partial charge in [-0.1, -0.05) is 29.8 Å². The van der Waals surface area contributed by atoms with Crippen LogP contribution < -0.4 is 10.6 Å². The van der Waals surface area contributed by atoms with E-state index in [9.17, 15) is 9.59 Å². The van der Waals surface area contributed by atoms with Gasteiger partial charge in [-0.15, -0.1) is 0 Å². The number of aromatic nitrogens is 2. The Hall–Kier alpha value is -3.12. The van der Waals surface area contributed by atoms with Crippen molar-refractivity contribution >= 4 is 23.4 Å². The highest BCUT2D eigenvalue weighted by atomic mass is 35.5. The van der Waals surface area contributed by atoms with Gasteiger partial charge in [0.25, 0.3) is 11.8 Å². The molecule has 0 spiro atoms. The van der Waals surface area contributed by atoms with E-state index in [-0.39, 0.29) is 11.8 Å². The Balaban J connectivity index is 1.52. The number of nitrogens with one attached hydrogen (secondary N) is 2.